The monoisotopic (exact) mass is 392 g/mol. The van der Waals surface area contributed by atoms with Crippen molar-refractivity contribution in [3.05, 3.63) is 72.2 Å². The van der Waals surface area contributed by atoms with Gasteiger partial charge in [-0.15, -0.1) is 0 Å². The Balaban J connectivity index is 1.68. The molecule has 0 atom stereocenters. The molecule has 0 unspecified atom stereocenters. The highest BCUT2D eigenvalue weighted by Crippen LogP contribution is 2.19. The summed E-state index contributed by atoms with van der Waals surface area (Å²) in [7, 11) is 1.60. The first-order valence-corrected chi connectivity index (χ1v) is 8.91. The summed E-state index contributed by atoms with van der Waals surface area (Å²) in [5, 5.41) is 5.76. The van der Waals surface area contributed by atoms with Crippen LogP contribution in [-0.4, -0.2) is 35.6 Å². The lowest BCUT2D eigenvalue weighted by Crippen LogP contribution is -2.17. The van der Waals surface area contributed by atoms with Gasteiger partial charge in [-0.1, -0.05) is 12.1 Å². The lowest BCUT2D eigenvalue weighted by molar-refractivity contribution is 0.0527. The molecule has 1 aromatic heterocycles. The van der Waals surface area contributed by atoms with Gasteiger partial charge in [0.25, 0.3) is 5.91 Å². The van der Waals surface area contributed by atoms with Crippen molar-refractivity contribution in [3.63, 3.8) is 0 Å². The van der Waals surface area contributed by atoms with Crippen molar-refractivity contribution in [2.24, 2.45) is 0 Å². The molecule has 0 bridgehead atoms. The number of carbonyl (C=O) groups excluding carboxylic acids is 2. The third-order valence-electron chi connectivity index (χ3n) is 3.92. The van der Waals surface area contributed by atoms with Crippen LogP contribution in [0.25, 0.3) is 0 Å². The van der Waals surface area contributed by atoms with Crippen LogP contribution in [0.15, 0.2) is 60.9 Å². The van der Waals surface area contributed by atoms with Gasteiger partial charge in [-0.05, 0) is 43.3 Å². The molecular weight excluding hydrogens is 372 g/mol. The number of ether oxygens (including phenoxy) is 2. The second-order valence-electron chi connectivity index (χ2n) is 5.86. The molecule has 0 saturated carbocycles. The summed E-state index contributed by atoms with van der Waals surface area (Å²) >= 11 is 0. The molecule has 0 aliphatic carbocycles. The second-order valence-corrected chi connectivity index (χ2v) is 5.86. The standard InChI is InChI=1S/C21H20N4O4/c1-3-29-21(27)16-6-4-5-7-17(16)25-20(26)18-12-23-19(13-22-18)24-14-8-10-15(28-2)11-9-14/h4-13H,3H2,1-2H3,(H,23,24)(H,25,26). The normalized spacial score (nSPS) is 10.1. The molecule has 0 fully saturated rings. The van der Waals surface area contributed by atoms with Crippen LogP contribution in [-0.2, 0) is 4.74 Å². The van der Waals surface area contributed by atoms with Crippen LogP contribution in [0.4, 0.5) is 17.2 Å². The van der Waals surface area contributed by atoms with Gasteiger partial charge in [0.15, 0.2) is 0 Å². The summed E-state index contributed by atoms with van der Waals surface area (Å²) in [6.07, 6.45) is 2.81. The highest BCUT2D eigenvalue weighted by atomic mass is 16.5. The molecule has 1 heterocycles. The molecule has 148 valence electrons. The van der Waals surface area contributed by atoms with Crippen molar-refractivity contribution in [3.8, 4) is 5.75 Å². The predicted octanol–water partition coefficient (Wildman–Crippen LogP) is 3.66. The number of benzene rings is 2. The Labute approximate surface area is 167 Å². The SMILES string of the molecule is CCOC(=O)c1ccccc1NC(=O)c1cnc(Nc2ccc(OC)cc2)cn1. The van der Waals surface area contributed by atoms with Gasteiger partial charge in [0, 0.05) is 5.69 Å². The molecule has 1 amide bonds. The predicted molar refractivity (Wildman–Crippen MR) is 109 cm³/mol. The van der Waals surface area contributed by atoms with Gasteiger partial charge in [-0.3, -0.25) is 4.79 Å². The molecule has 3 rings (SSSR count). The number of carbonyl (C=O) groups is 2. The van der Waals surface area contributed by atoms with E-state index in [-0.39, 0.29) is 17.9 Å². The van der Waals surface area contributed by atoms with E-state index in [0.29, 0.717) is 11.5 Å². The van der Waals surface area contributed by atoms with Crippen LogP contribution < -0.4 is 15.4 Å². The smallest absolute Gasteiger partial charge is 0.340 e. The fourth-order valence-corrected chi connectivity index (χ4v) is 2.50. The number of nitrogens with zero attached hydrogens (tertiary/aromatic N) is 2. The molecule has 0 aliphatic heterocycles. The molecule has 2 N–H and O–H groups in total. The third-order valence-corrected chi connectivity index (χ3v) is 3.92. The Morgan fingerprint density at radius 1 is 1.00 bits per heavy atom. The van der Waals surface area contributed by atoms with Crippen molar-refractivity contribution >= 4 is 29.1 Å². The van der Waals surface area contributed by atoms with Crippen LogP contribution in [0.1, 0.15) is 27.8 Å². The fourth-order valence-electron chi connectivity index (χ4n) is 2.50. The average Bonchev–Trinajstić information content (AvgIpc) is 2.75. The van der Waals surface area contributed by atoms with E-state index in [1.165, 1.54) is 12.4 Å². The lowest BCUT2D eigenvalue weighted by Gasteiger charge is -2.10. The highest BCUT2D eigenvalue weighted by molar-refractivity contribution is 6.07. The van der Waals surface area contributed by atoms with Crippen LogP contribution >= 0.6 is 0 Å². The number of methoxy groups -OCH3 is 1. The average molecular weight is 392 g/mol. The number of rotatable bonds is 7. The van der Waals surface area contributed by atoms with E-state index < -0.39 is 11.9 Å². The third kappa shape index (κ3) is 5.07. The van der Waals surface area contributed by atoms with Crippen LogP contribution in [0.3, 0.4) is 0 Å². The van der Waals surface area contributed by atoms with E-state index in [0.717, 1.165) is 11.4 Å². The zero-order valence-corrected chi connectivity index (χ0v) is 16.0. The maximum Gasteiger partial charge on any atom is 0.340 e. The molecule has 0 aliphatic rings. The van der Waals surface area contributed by atoms with Gasteiger partial charge < -0.3 is 20.1 Å². The number of hydrogen-bond acceptors (Lipinski definition) is 7. The Hall–Kier alpha value is -3.94. The Kier molecular flexibility index (Phi) is 6.36. The van der Waals surface area contributed by atoms with Crippen molar-refractivity contribution in [1.29, 1.82) is 0 Å². The first kappa shape index (κ1) is 19.8. The number of aromatic nitrogens is 2. The quantitative estimate of drug-likeness (QED) is 0.592. The lowest BCUT2D eigenvalue weighted by atomic mass is 10.1. The molecule has 0 radical (unpaired) electrons. The number of esters is 1. The molecule has 0 spiro atoms. The summed E-state index contributed by atoms with van der Waals surface area (Å²) in [6, 6.07) is 13.9. The molecule has 8 nitrogen and oxygen atoms in total. The van der Waals surface area contributed by atoms with Gasteiger partial charge in [0.05, 0.1) is 37.4 Å². The minimum absolute atomic E-state index is 0.115. The van der Waals surface area contributed by atoms with Crippen LogP contribution in [0, 0.1) is 0 Å². The Bertz CT molecular complexity index is 988. The van der Waals surface area contributed by atoms with E-state index >= 15 is 0 Å². The topological polar surface area (TPSA) is 102 Å². The Morgan fingerprint density at radius 2 is 1.76 bits per heavy atom. The van der Waals surface area contributed by atoms with Gasteiger partial charge in [-0.2, -0.15) is 0 Å². The summed E-state index contributed by atoms with van der Waals surface area (Å²) in [4.78, 5) is 32.9. The summed E-state index contributed by atoms with van der Waals surface area (Å²) in [5.74, 6) is 0.245. The minimum Gasteiger partial charge on any atom is -0.497 e. The van der Waals surface area contributed by atoms with Gasteiger partial charge in [0.2, 0.25) is 0 Å². The maximum absolute atomic E-state index is 12.5. The van der Waals surface area contributed by atoms with Crippen molar-refractivity contribution in [2.45, 2.75) is 6.92 Å². The van der Waals surface area contributed by atoms with E-state index in [4.69, 9.17) is 9.47 Å². The maximum atomic E-state index is 12.5. The number of para-hydroxylation sites is 1. The molecule has 8 heteroatoms. The number of hydrogen-bond donors (Lipinski definition) is 2. The summed E-state index contributed by atoms with van der Waals surface area (Å²) < 4.78 is 10.1. The van der Waals surface area contributed by atoms with Crippen molar-refractivity contribution < 1.29 is 19.1 Å². The molecule has 29 heavy (non-hydrogen) atoms. The number of nitrogens with one attached hydrogen (secondary N) is 2. The number of amides is 1. The molecular formula is C21H20N4O4. The van der Waals surface area contributed by atoms with Crippen LogP contribution in [0.2, 0.25) is 0 Å². The molecule has 3 aromatic rings. The van der Waals surface area contributed by atoms with Gasteiger partial charge in [-0.25, -0.2) is 14.8 Å². The Morgan fingerprint density at radius 3 is 2.41 bits per heavy atom. The van der Waals surface area contributed by atoms with E-state index in [2.05, 4.69) is 20.6 Å². The molecule has 0 saturated heterocycles. The van der Waals surface area contributed by atoms with Gasteiger partial charge in [0.1, 0.15) is 17.3 Å². The first-order valence-electron chi connectivity index (χ1n) is 8.91. The minimum atomic E-state index is -0.506. The highest BCUT2D eigenvalue weighted by Gasteiger charge is 2.15. The largest absolute Gasteiger partial charge is 0.497 e. The zero-order valence-electron chi connectivity index (χ0n) is 16.0. The van der Waals surface area contributed by atoms with Crippen LogP contribution in [0.5, 0.6) is 5.75 Å². The van der Waals surface area contributed by atoms with Crippen molar-refractivity contribution in [2.75, 3.05) is 24.4 Å². The molecule has 2 aromatic carbocycles. The number of anilines is 3. The van der Waals surface area contributed by atoms with E-state index in [1.54, 1.807) is 38.3 Å². The summed E-state index contributed by atoms with van der Waals surface area (Å²) in [6.45, 7) is 1.96. The summed E-state index contributed by atoms with van der Waals surface area (Å²) in [5.41, 5.74) is 1.54. The fraction of sp³-hybridized carbons (Fsp3) is 0.143. The van der Waals surface area contributed by atoms with E-state index in [9.17, 15) is 9.59 Å². The van der Waals surface area contributed by atoms with Gasteiger partial charge >= 0.3 is 5.97 Å². The zero-order chi connectivity index (χ0) is 20.6. The van der Waals surface area contributed by atoms with E-state index in [1.807, 2.05) is 24.3 Å². The second kappa shape index (κ2) is 9.32. The van der Waals surface area contributed by atoms with Crippen molar-refractivity contribution in [1.82, 2.24) is 9.97 Å². The first-order chi connectivity index (χ1) is 14.1.